The number of amides is 1. The van der Waals surface area contributed by atoms with Gasteiger partial charge in [-0.05, 0) is 30.3 Å². The van der Waals surface area contributed by atoms with Gasteiger partial charge in [-0.25, -0.2) is 0 Å². The van der Waals surface area contributed by atoms with E-state index in [1.807, 2.05) is 0 Å². The third-order valence-corrected chi connectivity index (χ3v) is 2.96. The summed E-state index contributed by atoms with van der Waals surface area (Å²) in [6, 6.07) is 8.47. The molecule has 0 unspecified atom stereocenters. The maximum Gasteiger partial charge on any atom is 0.259 e. The number of hydrogen-bond acceptors (Lipinski definition) is 3. The molecule has 2 aromatic rings. The Morgan fingerprint density at radius 1 is 1.00 bits per heavy atom. The third-order valence-electron chi connectivity index (χ3n) is 2.41. The molecule has 0 atom stereocenters. The lowest BCUT2D eigenvalue weighted by Gasteiger charge is -2.08. The molecular weight excluding hydrogens is 289 g/mol. The second-order valence-electron chi connectivity index (χ2n) is 3.78. The van der Waals surface area contributed by atoms with Crippen LogP contribution in [-0.2, 0) is 0 Å². The van der Waals surface area contributed by atoms with E-state index in [0.717, 1.165) is 0 Å². The topological polar surface area (TPSA) is 69.6 Å². The van der Waals surface area contributed by atoms with Crippen molar-refractivity contribution in [3.63, 3.8) is 0 Å². The number of nitrogens with one attached hydrogen (secondary N) is 1. The van der Waals surface area contributed by atoms with Crippen LogP contribution >= 0.6 is 23.2 Å². The predicted octanol–water partition coefficient (Wildman–Crippen LogP) is 3.66. The Hall–Kier alpha value is -1.91. The van der Waals surface area contributed by atoms with Gasteiger partial charge in [0.15, 0.2) is 0 Å². The number of hydrogen-bond donors (Lipinski definition) is 3. The lowest BCUT2D eigenvalue weighted by atomic mass is 10.2. The molecule has 0 saturated heterocycles. The number of anilines is 1. The van der Waals surface area contributed by atoms with Crippen molar-refractivity contribution >= 4 is 34.8 Å². The Bertz CT molecular complexity index is 644. The number of halogens is 2. The van der Waals surface area contributed by atoms with Crippen LogP contribution in [0.2, 0.25) is 10.0 Å². The van der Waals surface area contributed by atoms with E-state index in [-0.39, 0.29) is 22.1 Å². The fraction of sp³-hybridized carbons (Fsp3) is 0. The van der Waals surface area contributed by atoms with Crippen LogP contribution < -0.4 is 5.32 Å². The summed E-state index contributed by atoms with van der Waals surface area (Å²) in [6.07, 6.45) is 0. The molecule has 2 rings (SSSR count). The maximum atomic E-state index is 11.9. The van der Waals surface area contributed by atoms with Gasteiger partial charge in [0.2, 0.25) is 0 Å². The summed E-state index contributed by atoms with van der Waals surface area (Å²) in [5, 5.41) is 22.1. The minimum absolute atomic E-state index is 0.0823. The number of carbonyl (C=O) groups is 1. The molecule has 0 saturated carbocycles. The lowest BCUT2D eigenvalue weighted by Crippen LogP contribution is -2.11. The molecule has 0 aliphatic heterocycles. The average molecular weight is 298 g/mol. The summed E-state index contributed by atoms with van der Waals surface area (Å²) in [5.41, 5.74) is 0.445. The van der Waals surface area contributed by atoms with Crippen LogP contribution in [0.3, 0.4) is 0 Å². The molecule has 2 aromatic carbocycles. The molecule has 0 radical (unpaired) electrons. The van der Waals surface area contributed by atoms with Crippen molar-refractivity contribution in [1.82, 2.24) is 0 Å². The predicted molar refractivity (Wildman–Crippen MR) is 74.2 cm³/mol. The highest BCUT2D eigenvalue weighted by molar-refractivity contribution is 6.32. The Morgan fingerprint density at radius 3 is 2.37 bits per heavy atom. The number of phenols is 2. The Kier molecular flexibility index (Phi) is 3.83. The number of aromatic hydroxyl groups is 2. The second-order valence-corrected chi connectivity index (χ2v) is 4.63. The van der Waals surface area contributed by atoms with Gasteiger partial charge in [-0.2, -0.15) is 0 Å². The van der Waals surface area contributed by atoms with E-state index < -0.39 is 5.91 Å². The molecule has 4 nitrogen and oxygen atoms in total. The van der Waals surface area contributed by atoms with Crippen LogP contribution in [-0.4, -0.2) is 16.1 Å². The van der Waals surface area contributed by atoms with E-state index >= 15 is 0 Å². The van der Waals surface area contributed by atoms with Crippen LogP contribution in [0.4, 0.5) is 5.69 Å². The zero-order valence-electron chi connectivity index (χ0n) is 9.52. The van der Waals surface area contributed by atoms with Gasteiger partial charge in [0.25, 0.3) is 5.91 Å². The van der Waals surface area contributed by atoms with Crippen LogP contribution in [0.1, 0.15) is 10.4 Å². The first-order valence-electron chi connectivity index (χ1n) is 5.26. The summed E-state index contributed by atoms with van der Waals surface area (Å²) in [7, 11) is 0. The minimum Gasteiger partial charge on any atom is -0.507 e. The Morgan fingerprint density at radius 2 is 1.74 bits per heavy atom. The van der Waals surface area contributed by atoms with E-state index in [4.69, 9.17) is 23.2 Å². The van der Waals surface area contributed by atoms with E-state index in [9.17, 15) is 15.0 Å². The number of phenolic OH excluding ortho intramolecular Hbond substituents is 2. The van der Waals surface area contributed by atoms with Crippen molar-refractivity contribution in [2.24, 2.45) is 0 Å². The van der Waals surface area contributed by atoms with Gasteiger partial charge in [0.05, 0.1) is 10.6 Å². The van der Waals surface area contributed by atoms with Crippen molar-refractivity contribution in [2.75, 3.05) is 5.32 Å². The third kappa shape index (κ3) is 3.10. The molecule has 6 heteroatoms. The quantitative estimate of drug-likeness (QED) is 0.792. The smallest absolute Gasteiger partial charge is 0.259 e. The lowest BCUT2D eigenvalue weighted by molar-refractivity contribution is 0.102. The van der Waals surface area contributed by atoms with Crippen molar-refractivity contribution < 1.29 is 15.0 Å². The highest BCUT2D eigenvalue weighted by atomic mass is 35.5. The van der Waals surface area contributed by atoms with E-state index in [0.29, 0.717) is 10.7 Å². The minimum atomic E-state index is -0.518. The van der Waals surface area contributed by atoms with Crippen LogP contribution in [0.5, 0.6) is 11.5 Å². The van der Waals surface area contributed by atoms with Gasteiger partial charge in [-0.1, -0.05) is 23.2 Å². The first-order chi connectivity index (χ1) is 8.97. The van der Waals surface area contributed by atoms with Crippen molar-refractivity contribution in [3.8, 4) is 11.5 Å². The van der Waals surface area contributed by atoms with E-state index in [1.54, 1.807) is 0 Å². The first-order valence-corrected chi connectivity index (χ1v) is 6.01. The second kappa shape index (κ2) is 5.38. The zero-order chi connectivity index (χ0) is 14.0. The molecule has 0 aliphatic rings. The summed E-state index contributed by atoms with van der Waals surface area (Å²) >= 11 is 11.3. The van der Waals surface area contributed by atoms with Crippen molar-refractivity contribution in [1.29, 1.82) is 0 Å². The Labute approximate surface area is 119 Å². The first kappa shape index (κ1) is 13.5. The molecule has 0 bridgehead atoms. The maximum absolute atomic E-state index is 11.9. The van der Waals surface area contributed by atoms with Gasteiger partial charge in [-0.3, -0.25) is 4.79 Å². The Balaban J connectivity index is 2.23. The summed E-state index contributed by atoms with van der Waals surface area (Å²) in [5.74, 6) is -0.876. The fourth-order valence-electron chi connectivity index (χ4n) is 1.49. The molecule has 3 N–H and O–H groups in total. The largest absolute Gasteiger partial charge is 0.507 e. The number of benzene rings is 2. The molecule has 0 spiro atoms. The standard InChI is InChI=1S/C13H9Cl2NO3/c14-7-1-3-9(11(17)5-7)13(19)16-8-2-4-10(15)12(18)6-8/h1-6,17-18H,(H,16,19). The van der Waals surface area contributed by atoms with Gasteiger partial charge in [-0.15, -0.1) is 0 Å². The van der Waals surface area contributed by atoms with Crippen molar-refractivity contribution in [2.45, 2.75) is 0 Å². The summed E-state index contributed by atoms with van der Waals surface area (Å²) < 4.78 is 0. The molecule has 0 fully saturated rings. The molecule has 19 heavy (non-hydrogen) atoms. The SMILES string of the molecule is O=C(Nc1ccc(Cl)c(O)c1)c1ccc(Cl)cc1O. The average Bonchev–Trinajstić information content (AvgIpc) is 2.33. The summed E-state index contributed by atoms with van der Waals surface area (Å²) in [4.78, 5) is 11.9. The highest BCUT2D eigenvalue weighted by Gasteiger charge is 2.12. The van der Waals surface area contributed by atoms with Gasteiger partial charge in [0, 0.05) is 16.8 Å². The normalized spacial score (nSPS) is 10.2. The van der Waals surface area contributed by atoms with E-state index in [1.165, 1.54) is 36.4 Å². The molecule has 1 amide bonds. The summed E-state index contributed by atoms with van der Waals surface area (Å²) in [6.45, 7) is 0. The molecule has 0 aromatic heterocycles. The van der Waals surface area contributed by atoms with Crippen LogP contribution in [0.15, 0.2) is 36.4 Å². The number of rotatable bonds is 2. The zero-order valence-corrected chi connectivity index (χ0v) is 11.0. The van der Waals surface area contributed by atoms with Crippen molar-refractivity contribution in [3.05, 3.63) is 52.0 Å². The molecule has 0 aliphatic carbocycles. The van der Waals surface area contributed by atoms with Gasteiger partial charge < -0.3 is 15.5 Å². The van der Waals surface area contributed by atoms with Gasteiger partial charge in [0.1, 0.15) is 11.5 Å². The molecule has 98 valence electrons. The van der Waals surface area contributed by atoms with E-state index in [2.05, 4.69) is 5.32 Å². The molecule has 0 heterocycles. The fourth-order valence-corrected chi connectivity index (χ4v) is 1.77. The molecular formula is C13H9Cl2NO3. The van der Waals surface area contributed by atoms with Gasteiger partial charge >= 0.3 is 0 Å². The van der Waals surface area contributed by atoms with Crippen LogP contribution in [0, 0.1) is 0 Å². The number of carbonyl (C=O) groups excluding carboxylic acids is 1. The monoisotopic (exact) mass is 297 g/mol. The highest BCUT2D eigenvalue weighted by Crippen LogP contribution is 2.27. The van der Waals surface area contributed by atoms with Crippen LogP contribution in [0.25, 0.3) is 0 Å².